The number of nitrogens with zero attached hydrogens (tertiary/aromatic N) is 1. The molecule has 2 fully saturated rings. The van der Waals surface area contributed by atoms with Crippen LogP contribution in [0.4, 0.5) is 0 Å². The minimum absolute atomic E-state index is 0.0742. The summed E-state index contributed by atoms with van der Waals surface area (Å²) >= 11 is 6.57. The number of unbranched alkanes of at least 4 members (excludes halogenated alkanes) is 1. The predicted molar refractivity (Wildman–Crippen MR) is 135 cm³/mol. The topological polar surface area (TPSA) is 60.2 Å². The highest BCUT2D eigenvalue weighted by molar-refractivity contribution is 6.31. The highest BCUT2D eigenvalue weighted by Crippen LogP contribution is 2.50. The van der Waals surface area contributed by atoms with Gasteiger partial charge in [0.25, 0.3) is 0 Å². The second kappa shape index (κ2) is 9.84. The molecule has 172 valence electrons. The number of aryl methyl sites for hydroxylation is 1. The van der Waals surface area contributed by atoms with Crippen molar-refractivity contribution in [1.29, 1.82) is 0 Å². The Morgan fingerprint density at radius 3 is 2.70 bits per heavy atom. The Balaban J connectivity index is 1.37. The van der Waals surface area contributed by atoms with Crippen molar-refractivity contribution >= 4 is 11.6 Å². The van der Waals surface area contributed by atoms with Crippen LogP contribution in [0, 0.1) is 0 Å². The third-order valence-electron chi connectivity index (χ3n) is 6.73. The summed E-state index contributed by atoms with van der Waals surface area (Å²) in [6.07, 6.45) is 11.9. The molecule has 0 amide bonds. The third-order valence-corrected chi connectivity index (χ3v) is 7.10. The zero-order chi connectivity index (χ0) is 22.7. The SMILES string of the molecule is NCCCCc1ccc(Cl)c(CNC2(c3cnccc3-c3ccccc3OC3CC3)CC2)c1. The van der Waals surface area contributed by atoms with E-state index in [1.807, 2.05) is 18.5 Å². The Morgan fingerprint density at radius 1 is 1.06 bits per heavy atom. The van der Waals surface area contributed by atoms with E-state index in [1.165, 1.54) is 16.7 Å². The van der Waals surface area contributed by atoms with Crippen LogP contribution in [0.25, 0.3) is 11.1 Å². The van der Waals surface area contributed by atoms with Gasteiger partial charge >= 0.3 is 0 Å². The molecule has 1 aromatic heterocycles. The maximum atomic E-state index is 6.57. The first-order valence-corrected chi connectivity index (χ1v) is 12.5. The lowest BCUT2D eigenvalue weighted by molar-refractivity contribution is 0.304. The number of pyridine rings is 1. The van der Waals surface area contributed by atoms with E-state index >= 15 is 0 Å². The van der Waals surface area contributed by atoms with Gasteiger partial charge in [0.05, 0.1) is 6.10 Å². The second-order valence-corrected chi connectivity index (χ2v) is 9.75. The van der Waals surface area contributed by atoms with E-state index in [1.54, 1.807) is 0 Å². The Bertz CT molecular complexity index is 1110. The molecule has 0 radical (unpaired) electrons. The molecule has 0 aliphatic heterocycles. The van der Waals surface area contributed by atoms with Crippen LogP contribution in [-0.4, -0.2) is 17.6 Å². The number of benzene rings is 2. The summed E-state index contributed by atoms with van der Waals surface area (Å²) in [5.74, 6) is 0.969. The van der Waals surface area contributed by atoms with Crippen LogP contribution in [0.5, 0.6) is 5.75 Å². The van der Waals surface area contributed by atoms with E-state index in [0.29, 0.717) is 6.10 Å². The van der Waals surface area contributed by atoms with Crippen LogP contribution >= 0.6 is 11.6 Å². The monoisotopic (exact) mass is 461 g/mol. The standard InChI is InChI=1S/C28H32ClN3O/c29-26-11-8-20(5-3-4-15-30)17-21(26)18-32-28(13-14-28)25-19-31-16-12-23(25)24-6-1-2-7-27(24)33-22-9-10-22/h1-2,6-8,11-12,16-17,19,22,32H,3-5,9-10,13-15,18,30H2. The largest absolute Gasteiger partial charge is 0.490 e. The molecule has 4 nitrogen and oxygen atoms in total. The van der Waals surface area contributed by atoms with Crippen molar-refractivity contribution in [3.63, 3.8) is 0 Å². The lowest BCUT2D eigenvalue weighted by Gasteiger charge is -2.23. The molecule has 3 aromatic rings. The van der Waals surface area contributed by atoms with Crippen LogP contribution in [0.15, 0.2) is 60.9 Å². The van der Waals surface area contributed by atoms with Crippen molar-refractivity contribution in [2.24, 2.45) is 5.73 Å². The molecule has 0 spiro atoms. The lowest BCUT2D eigenvalue weighted by atomic mass is 9.94. The van der Waals surface area contributed by atoms with E-state index < -0.39 is 0 Å². The first-order chi connectivity index (χ1) is 16.2. The van der Waals surface area contributed by atoms with Gasteiger partial charge in [-0.15, -0.1) is 0 Å². The normalized spacial score (nSPS) is 16.5. The van der Waals surface area contributed by atoms with Gasteiger partial charge in [-0.2, -0.15) is 0 Å². The number of hydrogen-bond acceptors (Lipinski definition) is 4. The summed E-state index contributed by atoms with van der Waals surface area (Å²) < 4.78 is 6.23. The molecule has 2 saturated carbocycles. The summed E-state index contributed by atoms with van der Waals surface area (Å²) in [5.41, 5.74) is 11.6. The van der Waals surface area contributed by atoms with Crippen molar-refractivity contribution in [1.82, 2.24) is 10.3 Å². The number of nitrogens with one attached hydrogen (secondary N) is 1. The van der Waals surface area contributed by atoms with Gasteiger partial charge in [0, 0.05) is 35.1 Å². The number of nitrogens with two attached hydrogens (primary N) is 1. The van der Waals surface area contributed by atoms with Crippen LogP contribution in [0.3, 0.4) is 0 Å². The van der Waals surface area contributed by atoms with Crippen LogP contribution in [0.1, 0.15) is 55.2 Å². The minimum atomic E-state index is -0.0742. The van der Waals surface area contributed by atoms with E-state index in [-0.39, 0.29) is 5.54 Å². The first-order valence-electron chi connectivity index (χ1n) is 12.1. The maximum Gasteiger partial charge on any atom is 0.127 e. The van der Waals surface area contributed by atoms with Crippen molar-refractivity contribution in [3.8, 4) is 16.9 Å². The Morgan fingerprint density at radius 2 is 1.91 bits per heavy atom. The van der Waals surface area contributed by atoms with E-state index in [0.717, 1.165) is 79.9 Å². The molecule has 1 heterocycles. The molecular weight excluding hydrogens is 430 g/mol. The van der Waals surface area contributed by atoms with Gasteiger partial charge in [-0.25, -0.2) is 0 Å². The van der Waals surface area contributed by atoms with Gasteiger partial charge in [0.1, 0.15) is 5.75 Å². The smallest absolute Gasteiger partial charge is 0.127 e. The molecule has 5 rings (SSSR count). The van der Waals surface area contributed by atoms with E-state index in [9.17, 15) is 0 Å². The zero-order valence-electron chi connectivity index (χ0n) is 19.0. The van der Waals surface area contributed by atoms with Crippen LogP contribution < -0.4 is 15.8 Å². The molecule has 0 bridgehead atoms. The average Bonchev–Trinajstić information content (AvgIpc) is 3.77. The molecular formula is C28H32ClN3O. The number of ether oxygens (including phenoxy) is 1. The molecule has 0 atom stereocenters. The lowest BCUT2D eigenvalue weighted by Crippen LogP contribution is -2.29. The first kappa shape index (κ1) is 22.4. The van der Waals surface area contributed by atoms with Crippen molar-refractivity contribution < 1.29 is 4.74 Å². The highest BCUT2D eigenvalue weighted by Gasteiger charge is 2.45. The Labute approximate surface area is 201 Å². The number of para-hydroxylation sites is 1. The van der Waals surface area contributed by atoms with Gasteiger partial charge in [-0.3, -0.25) is 4.98 Å². The molecule has 5 heteroatoms. The van der Waals surface area contributed by atoms with Gasteiger partial charge in [-0.1, -0.05) is 41.9 Å². The van der Waals surface area contributed by atoms with Gasteiger partial charge in [0.15, 0.2) is 0 Å². The molecule has 0 unspecified atom stereocenters. The molecule has 0 saturated heterocycles. The summed E-state index contributed by atoms with van der Waals surface area (Å²) in [7, 11) is 0. The van der Waals surface area contributed by atoms with Crippen LogP contribution in [0.2, 0.25) is 5.02 Å². The van der Waals surface area contributed by atoms with Gasteiger partial charge < -0.3 is 15.8 Å². The summed E-state index contributed by atoms with van der Waals surface area (Å²) in [4.78, 5) is 4.49. The van der Waals surface area contributed by atoms with Crippen molar-refractivity contribution in [2.75, 3.05) is 6.54 Å². The fraction of sp³-hybridized carbons (Fsp3) is 0.393. The summed E-state index contributed by atoms with van der Waals surface area (Å²) in [5, 5.41) is 4.65. The molecule has 2 aromatic carbocycles. The quantitative estimate of drug-likeness (QED) is 0.343. The van der Waals surface area contributed by atoms with E-state index in [4.69, 9.17) is 22.1 Å². The summed E-state index contributed by atoms with van der Waals surface area (Å²) in [6, 6.07) is 16.9. The van der Waals surface area contributed by atoms with Gasteiger partial charge in [0.2, 0.25) is 0 Å². The molecule has 2 aliphatic rings. The van der Waals surface area contributed by atoms with E-state index in [2.05, 4.69) is 52.8 Å². The maximum absolute atomic E-state index is 6.57. The third kappa shape index (κ3) is 5.24. The van der Waals surface area contributed by atoms with Crippen molar-refractivity contribution in [2.45, 2.75) is 63.1 Å². The summed E-state index contributed by atoms with van der Waals surface area (Å²) in [6.45, 7) is 1.48. The second-order valence-electron chi connectivity index (χ2n) is 9.34. The number of aromatic nitrogens is 1. The van der Waals surface area contributed by atoms with Gasteiger partial charge in [-0.05, 0) is 91.9 Å². The molecule has 3 N–H and O–H groups in total. The molecule has 2 aliphatic carbocycles. The zero-order valence-corrected chi connectivity index (χ0v) is 19.8. The Kier molecular flexibility index (Phi) is 6.68. The van der Waals surface area contributed by atoms with Crippen molar-refractivity contribution in [3.05, 3.63) is 82.6 Å². The fourth-order valence-corrected chi connectivity index (χ4v) is 4.68. The van der Waals surface area contributed by atoms with Crippen LogP contribution in [-0.2, 0) is 18.5 Å². The number of rotatable bonds is 11. The number of halogens is 1. The highest BCUT2D eigenvalue weighted by atomic mass is 35.5. The fourth-order valence-electron chi connectivity index (χ4n) is 4.49. The average molecular weight is 462 g/mol. The Hall–Kier alpha value is -2.40. The minimum Gasteiger partial charge on any atom is -0.490 e. The predicted octanol–water partition coefficient (Wildman–Crippen LogP) is 6.00. The molecule has 33 heavy (non-hydrogen) atoms. The number of hydrogen-bond donors (Lipinski definition) is 2.